The summed E-state index contributed by atoms with van der Waals surface area (Å²) in [5.74, 6) is 1.80. The molecule has 1 aromatic carbocycles. The van der Waals surface area contributed by atoms with Crippen LogP contribution in [-0.4, -0.2) is 21.7 Å². The van der Waals surface area contributed by atoms with Crippen LogP contribution in [0, 0.1) is 6.92 Å². The van der Waals surface area contributed by atoms with E-state index in [2.05, 4.69) is 21.5 Å². The third-order valence-corrected chi connectivity index (χ3v) is 3.16. The van der Waals surface area contributed by atoms with Gasteiger partial charge in [0.2, 0.25) is 0 Å². The van der Waals surface area contributed by atoms with E-state index in [1.807, 2.05) is 37.3 Å². The van der Waals surface area contributed by atoms with E-state index in [1.54, 1.807) is 18.0 Å². The highest BCUT2D eigenvalue weighted by Gasteiger charge is 2.04. The number of pyridine rings is 1. The fourth-order valence-corrected chi connectivity index (χ4v) is 2.12. The predicted molar refractivity (Wildman–Crippen MR) is 78.0 cm³/mol. The first kappa shape index (κ1) is 12.5. The monoisotopic (exact) mass is 268 g/mol. The van der Waals surface area contributed by atoms with Crippen LogP contribution in [0.5, 0.6) is 5.75 Å². The summed E-state index contributed by atoms with van der Waals surface area (Å²) in [5, 5.41) is 7.61. The lowest BCUT2D eigenvalue weighted by molar-refractivity contribution is 0.414. The molecule has 5 heteroatoms. The van der Waals surface area contributed by atoms with Gasteiger partial charge in [-0.1, -0.05) is 12.1 Å². The number of aryl methyl sites for hydroxylation is 1. The second-order valence-electron chi connectivity index (χ2n) is 4.65. The van der Waals surface area contributed by atoms with E-state index < -0.39 is 0 Å². The van der Waals surface area contributed by atoms with Gasteiger partial charge < -0.3 is 10.1 Å². The number of hydrogen-bond acceptors (Lipinski definition) is 4. The Morgan fingerprint density at radius 2 is 2.00 bits per heavy atom. The lowest BCUT2D eigenvalue weighted by Gasteiger charge is -2.09. The largest absolute Gasteiger partial charge is 0.497 e. The van der Waals surface area contributed by atoms with Gasteiger partial charge in [-0.15, -0.1) is 0 Å². The molecule has 3 aromatic rings. The molecule has 5 nitrogen and oxygen atoms in total. The number of rotatable bonds is 4. The van der Waals surface area contributed by atoms with Gasteiger partial charge in [0.25, 0.3) is 0 Å². The second kappa shape index (κ2) is 5.21. The highest BCUT2D eigenvalue weighted by atomic mass is 16.5. The van der Waals surface area contributed by atoms with Crippen molar-refractivity contribution in [1.82, 2.24) is 14.6 Å². The SMILES string of the molecule is COc1ccc(CNc2cc(C)cc3ncnn23)cc1. The Balaban J connectivity index is 1.80. The fourth-order valence-electron chi connectivity index (χ4n) is 2.12. The number of nitrogens with zero attached hydrogens (tertiary/aromatic N) is 3. The summed E-state index contributed by atoms with van der Waals surface area (Å²) in [4.78, 5) is 4.21. The summed E-state index contributed by atoms with van der Waals surface area (Å²) in [6.07, 6.45) is 1.56. The van der Waals surface area contributed by atoms with E-state index in [0.717, 1.165) is 29.3 Å². The molecule has 3 rings (SSSR count). The normalized spacial score (nSPS) is 10.7. The Kier molecular flexibility index (Phi) is 3.25. The van der Waals surface area contributed by atoms with Crippen molar-refractivity contribution in [3.05, 3.63) is 53.9 Å². The van der Waals surface area contributed by atoms with Crippen molar-refractivity contribution in [3.63, 3.8) is 0 Å². The highest BCUT2D eigenvalue weighted by Crippen LogP contribution is 2.16. The minimum Gasteiger partial charge on any atom is -0.497 e. The molecule has 0 aliphatic carbocycles. The van der Waals surface area contributed by atoms with Crippen LogP contribution in [0.2, 0.25) is 0 Å². The number of ether oxygens (including phenoxy) is 1. The summed E-state index contributed by atoms with van der Waals surface area (Å²) in [6, 6.07) is 12.1. The third kappa shape index (κ3) is 2.42. The number of aromatic nitrogens is 3. The highest BCUT2D eigenvalue weighted by molar-refractivity contribution is 5.51. The average molecular weight is 268 g/mol. The minimum absolute atomic E-state index is 0.725. The van der Waals surface area contributed by atoms with Gasteiger partial charge in [-0.25, -0.2) is 4.98 Å². The van der Waals surface area contributed by atoms with E-state index in [1.165, 1.54) is 5.56 Å². The van der Waals surface area contributed by atoms with Gasteiger partial charge >= 0.3 is 0 Å². The van der Waals surface area contributed by atoms with Crippen LogP contribution in [0.4, 0.5) is 5.82 Å². The van der Waals surface area contributed by atoms with E-state index in [-0.39, 0.29) is 0 Å². The summed E-state index contributed by atoms with van der Waals surface area (Å²) in [6.45, 7) is 2.77. The number of hydrogen-bond donors (Lipinski definition) is 1. The van der Waals surface area contributed by atoms with Gasteiger partial charge in [-0.05, 0) is 42.3 Å². The Labute approximate surface area is 117 Å². The number of nitrogens with one attached hydrogen (secondary N) is 1. The molecule has 2 heterocycles. The Hall–Kier alpha value is -2.56. The topological polar surface area (TPSA) is 51.5 Å². The average Bonchev–Trinajstić information content (AvgIpc) is 2.93. The number of benzene rings is 1. The smallest absolute Gasteiger partial charge is 0.157 e. The maximum absolute atomic E-state index is 5.15. The molecule has 0 bridgehead atoms. The molecule has 0 fully saturated rings. The zero-order valence-electron chi connectivity index (χ0n) is 11.5. The molecular weight excluding hydrogens is 252 g/mol. The lowest BCUT2D eigenvalue weighted by atomic mass is 10.2. The van der Waals surface area contributed by atoms with E-state index >= 15 is 0 Å². The molecule has 0 atom stereocenters. The molecule has 0 unspecified atom stereocenters. The molecule has 0 amide bonds. The first-order chi connectivity index (χ1) is 9.76. The standard InChI is InChI=1S/C15H16N4O/c1-11-7-14(19-15(8-11)17-10-18-19)16-9-12-3-5-13(20-2)6-4-12/h3-8,10,16H,9H2,1-2H3. The number of anilines is 1. The summed E-state index contributed by atoms with van der Waals surface area (Å²) >= 11 is 0. The first-order valence-corrected chi connectivity index (χ1v) is 6.43. The van der Waals surface area contributed by atoms with Gasteiger partial charge in [0.15, 0.2) is 5.65 Å². The molecule has 102 valence electrons. The Morgan fingerprint density at radius 1 is 1.20 bits per heavy atom. The Bertz CT molecular complexity index is 718. The van der Waals surface area contributed by atoms with Crippen molar-refractivity contribution < 1.29 is 4.74 Å². The Morgan fingerprint density at radius 3 is 2.75 bits per heavy atom. The molecular formula is C15H16N4O. The summed E-state index contributed by atoms with van der Waals surface area (Å²) in [7, 11) is 1.67. The van der Waals surface area contributed by atoms with Crippen LogP contribution in [0.1, 0.15) is 11.1 Å². The molecule has 0 saturated carbocycles. The first-order valence-electron chi connectivity index (χ1n) is 6.43. The van der Waals surface area contributed by atoms with Gasteiger partial charge in [0.1, 0.15) is 17.9 Å². The van der Waals surface area contributed by atoms with Crippen LogP contribution in [0.25, 0.3) is 5.65 Å². The van der Waals surface area contributed by atoms with E-state index in [9.17, 15) is 0 Å². The third-order valence-electron chi connectivity index (χ3n) is 3.16. The zero-order valence-corrected chi connectivity index (χ0v) is 11.5. The molecule has 1 N–H and O–H groups in total. The molecule has 2 aromatic heterocycles. The van der Waals surface area contributed by atoms with Crippen molar-refractivity contribution in [3.8, 4) is 5.75 Å². The van der Waals surface area contributed by atoms with Crippen molar-refractivity contribution in [2.75, 3.05) is 12.4 Å². The van der Waals surface area contributed by atoms with Crippen molar-refractivity contribution in [1.29, 1.82) is 0 Å². The van der Waals surface area contributed by atoms with Crippen LogP contribution in [0.3, 0.4) is 0 Å². The lowest BCUT2D eigenvalue weighted by Crippen LogP contribution is -2.05. The molecule has 0 radical (unpaired) electrons. The predicted octanol–water partition coefficient (Wildman–Crippen LogP) is 2.66. The van der Waals surface area contributed by atoms with Crippen molar-refractivity contribution >= 4 is 11.5 Å². The number of fused-ring (bicyclic) bond motifs is 1. The van der Waals surface area contributed by atoms with Gasteiger partial charge in [0.05, 0.1) is 7.11 Å². The van der Waals surface area contributed by atoms with Gasteiger partial charge in [-0.3, -0.25) is 0 Å². The van der Waals surface area contributed by atoms with E-state index in [0.29, 0.717) is 0 Å². The molecule has 20 heavy (non-hydrogen) atoms. The maximum Gasteiger partial charge on any atom is 0.157 e. The van der Waals surface area contributed by atoms with Gasteiger partial charge in [-0.2, -0.15) is 9.61 Å². The van der Waals surface area contributed by atoms with Crippen molar-refractivity contribution in [2.24, 2.45) is 0 Å². The minimum atomic E-state index is 0.725. The number of methoxy groups -OCH3 is 1. The quantitative estimate of drug-likeness (QED) is 0.790. The zero-order chi connectivity index (χ0) is 13.9. The van der Waals surface area contributed by atoms with Crippen LogP contribution in [0.15, 0.2) is 42.7 Å². The molecule has 0 saturated heterocycles. The maximum atomic E-state index is 5.15. The van der Waals surface area contributed by atoms with Gasteiger partial charge in [0, 0.05) is 6.54 Å². The van der Waals surface area contributed by atoms with Crippen LogP contribution in [-0.2, 0) is 6.54 Å². The van der Waals surface area contributed by atoms with Crippen LogP contribution >= 0.6 is 0 Å². The van der Waals surface area contributed by atoms with E-state index in [4.69, 9.17) is 4.74 Å². The summed E-state index contributed by atoms with van der Waals surface area (Å²) in [5.41, 5.74) is 3.19. The van der Waals surface area contributed by atoms with Crippen molar-refractivity contribution in [2.45, 2.75) is 13.5 Å². The summed E-state index contributed by atoms with van der Waals surface area (Å²) < 4.78 is 6.95. The second-order valence-corrected chi connectivity index (χ2v) is 4.65. The molecule has 0 aliphatic heterocycles. The van der Waals surface area contributed by atoms with Crippen LogP contribution < -0.4 is 10.1 Å². The molecule has 0 spiro atoms. The molecule has 0 aliphatic rings. The fraction of sp³-hybridized carbons (Fsp3) is 0.200.